The van der Waals surface area contributed by atoms with Crippen LogP contribution >= 0.6 is 0 Å². The summed E-state index contributed by atoms with van der Waals surface area (Å²) < 4.78 is 24.5. The number of ether oxygens (including phenoxy) is 2. The van der Waals surface area contributed by atoms with Crippen LogP contribution in [0.5, 0.6) is 5.88 Å². The Morgan fingerprint density at radius 3 is 2.62 bits per heavy atom. The third-order valence-electron chi connectivity index (χ3n) is 3.46. The summed E-state index contributed by atoms with van der Waals surface area (Å²) in [6, 6.07) is 9.39. The summed E-state index contributed by atoms with van der Waals surface area (Å²) in [5.74, 6) is 0.0708. The molecule has 0 fully saturated rings. The fourth-order valence-corrected chi connectivity index (χ4v) is 2.30. The van der Waals surface area contributed by atoms with Crippen molar-refractivity contribution >= 4 is 11.7 Å². The minimum absolute atomic E-state index is 0.140. The molecule has 8 heteroatoms. The van der Waals surface area contributed by atoms with Crippen molar-refractivity contribution in [2.24, 2.45) is 0 Å². The Hall–Kier alpha value is -3.16. The zero-order chi connectivity index (χ0) is 17.1. The van der Waals surface area contributed by atoms with Crippen LogP contribution in [0.25, 0.3) is 16.9 Å². The average Bonchev–Trinajstić information content (AvgIpc) is 2.97. The number of rotatable bonds is 4. The Morgan fingerprint density at radius 1 is 1.21 bits per heavy atom. The predicted octanol–water partition coefficient (Wildman–Crippen LogP) is 2.40. The maximum atomic E-state index is 13.2. The normalized spacial score (nSPS) is 10.6. The molecular formula is C16H15FN4O3. The van der Waals surface area contributed by atoms with Crippen molar-refractivity contribution in [3.05, 3.63) is 47.9 Å². The molecule has 0 saturated heterocycles. The lowest BCUT2D eigenvalue weighted by atomic mass is 10.1. The zero-order valence-corrected chi connectivity index (χ0v) is 13.1. The van der Waals surface area contributed by atoms with Crippen LogP contribution in [0.15, 0.2) is 36.4 Å². The summed E-state index contributed by atoms with van der Waals surface area (Å²) >= 11 is 0. The number of hydrogen-bond donors (Lipinski definition) is 1. The lowest BCUT2D eigenvalue weighted by Crippen LogP contribution is -2.23. The number of nitrogens with one attached hydrogen (secondary N) is 1. The van der Waals surface area contributed by atoms with Crippen molar-refractivity contribution < 1.29 is 18.7 Å². The maximum absolute atomic E-state index is 13.2. The minimum atomic E-state index is -0.571. The molecule has 1 amide bonds. The minimum Gasteiger partial charge on any atom is -0.480 e. The molecule has 24 heavy (non-hydrogen) atoms. The van der Waals surface area contributed by atoms with Gasteiger partial charge in [-0.05, 0) is 30.3 Å². The van der Waals surface area contributed by atoms with Crippen molar-refractivity contribution in [3.63, 3.8) is 0 Å². The number of carbonyl (C=O) groups excluding carboxylic acids is 1. The number of aromatic nitrogens is 3. The van der Waals surface area contributed by atoms with Crippen LogP contribution in [0.1, 0.15) is 5.69 Å². The highest BCUT2D eigenvalue weighted by Crippen LogP contribution is 2.25. The number of nitrogens with zero attached hydrogens (tertiary/aromatic N) is 3. The Kier molecular flexibility index (Phi) is 4.28. The molecule has 0 bridgehead atoms. The van der Waals surface area contributed by atoms with Gasteiger partial charge in [0.1, 0.15) is 5.82 Å². The van der Waals surface area contributed by atoms with Crippen molar-refractivity contribution in [2.45, 2.75) is 6.54 Å². The van der Waals surface area contributed by atoms with Gasteiger partial charge in [0.15, 0.2) is 5.65 Å². The Labute approximate surface area is 137 Å². The SMILES string of the molecule is COC(=O)NCc1c(-c2ccc(F)cc2)nc2ccc(OC)nn12. The van der Waals surface area contributed by atoms with Crippen LogP contribution in [0.3, 0.4) is 0 Å². The van der Waals surface area contributed by atoms with Crippen LogP contribution in [0.4, 0.5) is 9.18 Å². The first-order chi connectivity index (χ1) is 11.6. The first-order valence-corrected chi connectivity index (χ1v) is 7.13. The third kappa shape index (κ3) is 2.98. The smallest absolute Gasteiger partial charge is 0.407 e. The van der Waals surface area contributed by atoms with E-state index in [0.717, 1.165) is 0 Å². The second-order valence-corrected chi connectivity index (χ2v) is 4.90. The molecular weight excluding hydrogens is 315 g/mol. The van der Waals surface area contributed by atoms with Crippen molar-refractivity contribution in [3.8, 4) is 17.1 Å². The van der Waals surface area contributed by atoms with Gasteiger partial charge in [-0.2, -0.15) is 0 Å². The molecule has 1 aromatic carbocycles. The van der Waals surface area contributed by atoms with E-state index in [0.29, 0.717) is 28.5 Å². The van der Waals surface area contributed by atoms with Gasteiger partial charge >= 0.3 is 6.09 Å². The highest BCUT2D eigenvalue weighted by atomic mass is 19.1. The fourth-order valence-electron chi connectivity index (χ4n) is 2.30. The van der Waals surface area contributed by atoms with Crippen LogP contribution in [0.2, 0.25) is 0 Å². The highest BCUT2D eigenvalue weighted by Gasteiger charge is 2.16. The van der Waals surface area contributed by atoms with Gasteiger partial charge in [-0.3, -0.25) is 0 Å². The molecule has 2 heterocycles. The van der Waals surface area contributed by atoms with E-state index >= 15 is 0 Å². The van der Waals surface area contributed by atoms with E-state index < -0.39 is 6.09 Å². The Bertz CT molecular complexity index is 877. The quantitative estimate of drug-likeness (QED) is 0.795. The maximum Gasteiger partial charge on any atom is 0.407 e. The molecule has 3 aromatic rings. The van der Waals surface area contributed by atoms with Crippen LogP contribution < -0.4 is 10.1 Å². The van der Waals surface area contributed by atoms with Gasteiger partial charge in [-0.1, -0.05) is 0 Å². The van der Waals surface area contributed by atoms with Gasteiger partial charge in [0, 0.05) is 11.6 Å². The van der Waals surface area contributed by atoms with E-state index in [1.54, 1.807) is 28.8 Å². The second-order valence-electron chi connectivity index (χ2n) is 4.90. The summed E-state index contributed by atoms with van der Waals surface area (Å²) in [6.45, 7) is 0.140. The number of benzene rings is 1. The van der Waals surface area contributed by atoms with E-state index in [4.69, 9.17) is 4.74 Å². The van der Waals surface area contributed by atoms with Gasteiger partial charge in [-0.25, -0.2) is 18.7 Å². The van der Waals surface area contributed by atoms with E-state index in [1.807, 2.05) is 0 Å². The average molecular weight is 330 g/mol. The van der Waals surface area contributed by atoms with Gasteiger partial charge in [0.05, 0.1) is 32.2 Å². The molecule has 0 saturated carbocycles. The number of amides is 1. The molecule has 3 rings (SSSR count). The lowest BCUT2D eigenvalue weighted by molar-refractivity contribution is 0.170. The highest BCUT2D eigenvalue weighted by molar-refractivity contribution is 5.69. The monoisotopic (exact) mass is 330 g/mol. The van der Waals surface area contributed by atoms with Crippen molar-refractivity contribution in [2.75, 3.05) is 14.2 Å². The number of methoxy groups -OCH3 is 2. The van der Waals surface area contributed by atoms with E-state index in [9.17, 15) is 9.18 Å². The summed E-state index contributed by atoms with van der Waals surface area (Å²) in [4.78, 5) is 15.9. The van der Waals surface area contributed by atoms with Crippen LogP contribution in [0, 0.1) is 5.82 Å². The molecule has 0 radical (unpaired) electrons. The number of fused-ring (bicyclic) bond motifs is 1. The topological polar surface area (TPSA) is 77.8 Å². The summed E-state index contributed by atoms with van der Waals surface area (Å²) in [5.41, 5.74) is 2.51. The van der Waals surface area contributed by atoms with Crippen molar-refractivity contribution in [1.29, 1.82) is 0 Å². The first kappa shape index (κ1) is 15.7. The molecule has 0 spiro atoms. The summed E-state index contributed by atoms with van der Waals surface area (Å²) in [5, 5.41) is 6.94. The molecule has 7 nitrogen and oxygen atoms in total. The van der Waals surface area contributed by atoms with E-state index in [2.05, 4.69) is 20.1 Å². The molecule has 2 aromatic heterocycles. The Morgan fingerprint density at radius 2 is 1.96 bits per heavy atom. The van der Waals surface area contributed by atoms with Crippen LogP contribution in [-0.4, -0.2) is 34.9 Å². The number of carbonyl (C=O) groups is 1. The molecule has 0 unspecified atom stereocenters. The molecule has 1 N–H and O–H groups in total. The number of imidazole rings is 1. The lowest BCUT2D eigenvalue weighted by Gasteiger charge is -2.07. The standard InChI is InChI=1S/C16H15FN4O3/c1-23-14-8-7-13-19-15(10-3-5-11(17)6-4-10)12(21(13)20-14)9-18-16(22)24-2/h3-8H,9H2,1-2H3,(H,18,22). The number of hydrogen-bond acceptors (Lipinski definition) is 5. The van der Waals surface area contributed by atoms with Gasteiger partial charge in [0.2, 0.25) is 5.88 Å². The summed E-state index contributed by atoms with van der Waals surface area (Å²) in [6.07, 6.45) is -0.571. The summed E-state index contributed by atoms with van der Waals surface area (Å²) in [7, 11) is 2.80. The molecule has 0 aliphatic rings. The second kappa shape index (κ2) is 6.53. The molecule has 124 valence electrons. The molecule has 0 aliphatic heterocycles. The van der Waals surface area contributed by atoms with Gasteiger partial charge < -0.3 is 14.8 Å². The van der Waals surface area contributed by atoms with E-state index in [-0.39, 0.29) is 12.4 Å². The third-order valence-corrected chi connectivity index (χ3v) is 3.46. The molecule has 0 aliphatic carbocycles. The van der Waals surface area contributed by atoms with Crippen LogP contribution in [-0.2, 0) is 11.3 Å². The van der Waals surface area contributed by atoms with Gasteiger partial charge in [-0.15, -0.1) is 5.10 Å². The predicted molar refractivity (Wildman–Crippen MR) is 84.2 cm³/mol. The zero-order valence-electron chi connectivity index (χ0n) is 13.1. The molecule has 0 atom stereocenters. The van der Waals surface area contributed by atoms with Gasteiger partial charge in [0.25, 0.3) is 0 Å². The largest absolute Gasteiger partial charge is 0.480 e. The number of halogens is 1. The van der Waals surface area contributed by atoms with Crippen molar-refractivity contribution in [1.82, 2.24) is 19.9 Å². The number of alkyl carbamates (subject to hydrolysis) is 1. The fraction of sp³-hybridized carbons (Fsp3) is 0.188. The van der Waals surface area contributed by atoms with E-state index in [1.165, 1.54) is 26.4 Å². The Balaban J connectivity index is 2.11. The first-order valence-electron chi connectivity index (χ1n) is 7.13.